The second-order valence-electron chi connectivity index (χ2n) is 5.39. The highest BCUT2D eigenvalue weighted by molar-refractivity contribution is 5.79. The molecule has 0 aliphatic heterocycles. The molecule has 106 valence electrons. The van der Waals surface area contributed by atoms with Crippen LogP contribution in [0.15, 0.2) is 0 Å². The Morgan fingerprint density at radius 3 is 2.11 bits per heavy atom. The van der Waals surface area contributed by atoms with E-state index in [4.69, 9.17) is 5.11 Å². The maximum Gasteiger partial charge on any atom is 0.315 e. The molecule has 0 radical (unpaired) electrons. The molecule has 0 aliphatic carbocycles. The highest BCUT2D eigenvalue weighted by Crippen LogP contribution is 2.30. The summed E-state index contributed by atoms with van der Waals surface area (Å²) < 4.78 is 0. The average Bonchev–Trinajstić information content (AvgIpc) is 2.23. The lowest BCUT2D eigenvalue weighted by molar-refractivity contribution is -0.150. The van der Waals surface area contributed by atoms with E-state index in [0.717, 1.165) is 13.0 Å². The third kappa shape index (κ3) is 4.52. The van der Waals surface area contributed by atoms with E-state index >= 15 is 0 Å². The van der Waals surface area contributed by atoms with E-state index in [9.17, 15) is 9.59 Å². The van der Waals surface area contributed by atoms with Crippen LogP contribution in [0.25, 0.3) is 0 Å². The van der Waals surface area contributed by atoms with Gasteiger partial charge in [-0.1, -0.05) is 0 Å². The van der Waals surface area contributed by atoms with E-state index in [0.29, 0.717) is 6.54 Å². The van der Waals surface area contributed by atoms with E-state index in [1.54, 1.807) is 27.7 Å². The summed E-state index contributed by atoms with van der Waals surface area (Å²) in [6.45, 7) is 7.97. The Labute approximate surface area is 109 Å². The van der Waals surface area contributed by atoms with Gasteiger partial charge in [-0.05, 0) is 47.7 Å². The molecule has 0 aromatic heterocycles. The Hall–Kier alpha value is -1.30. The van der Waals surface area contributed by atoms with Crippen molar-refractivity contribution in [2.75, 3.05) is 20.1 Å². The number of aliphatic carboxylic acids is 1. The van der Waals surface area contributed by atoms with E-state index in [-0.39, 0.29) is 6.03 Å². The van der Waals surface area contributed by atoms with Crippen LogP contribution >= 0.6 is 0 Å². The first-order valence-corrected chi connectivity index (χ1v) is 6.09. The van der Waals surface area contributed by atoms with Crippen LogP contribution in [0.4, 0.5) is 4.79 Å². The minimum absolute atomic E-state index is 0.342. The van der Waals surface area contributed by atoms with Crippen molar-refractivity contribution >= 4 is 12.0 Å². The normalized spacial score (nSPS) is 12.1. The quantitative estimate of drug-likeness (QED) is 0.509. The second-order valence-corrected chi connectivity index (χ2v) is 5.39. The molecule has 0 spiro atoms. The summed E-state index contributed by atoms with van der Waals surface area (Å²) in [6.07, 6.45) is 0.826. The van der Waals surface area contributed by atoms with Crippen molar-refractivity contribution in [3.63, 3.8) is 0 Å². The monoisotopic (exact) mass is 259 g/mol. The van der Waals surface area contributed by atoms with Crippen LogP contribution in [-0.4, -0.2) is 42.8 Å². The molecule has 0 heterocycles. The van der Waals surface area contributed by atoms with E-state index < -0.39 is 16.9 Å². The van der Waals surface area contributed by atoms with Crippen molar-refractivity contribution in [3.05, 3.63) is 0 Å². The lowest BCUT2D eigenvalue weighted by atomic mass is 9.74. The summed E-state index contributed by atoms with van der Waals surface area (Å²) in [5.74, 6) is -0.942. The zero-order valence-electron chi connectivity index (χ0n) is 11.9. The van der Waals surface area contributed by atoms with E-state index in [2.05, 4.69) is 16.0 Å². The number of carboxylic acid groups (broad SMARTS) is 1. The van der Waals surface area contributed by atoms with Gasteiger partial charge in [0.2, 0.25) is 0 Å². The van der Waals surface area contributed by atoms with Crippen molar-refractivity contribution in [2.45, 2.75) is 39.7 Å². The lowest BCUT2D eigenvalue weighted by Crippen LogP contribution is -2.59. The predicted molar refractivity (Wildman–Crippen MR) is 70.6 cm³/mol. The Bertz CT molecular complexity index is 301. The zero-order valence-corrected chi connectivity index (χ0v) is 11.9. The second kappa shape index (κ2) is 6.58. The molecule has 0 saturated heterocycles. The molecule has 0 fully saturated rings. The number of carboxylic acids is 1. The molecule has 0 aromatic rings. The number of hydrogen-bond donors (Lipinski definition) is 4. The fourth-order valence-corrected chi connectivity index (χ4v) is 1.22. The van der Waals surface area contributed by atoms with Crippen LogP contribution in [0.3, 0.4) is 0 Å². The molecule has 0 aromatic carbocycles. The van der Waals surface area contributed by atoms with Crippen molar-refractivity contribution in [1.82, 2.24) is 16.0 Å². The number of carbonyl (C=O) groups excluding carboxylic acids is 1. The molecule has 6 heteroatoms. The van der Waals surface area contributed by atoms with Gasteiger partial charge in [0.1, 0.15) is 0 Å². The molecule has 0 saturated carbocycles. The molecular formula is C12H25N3O3. The molecular weight excluding hydrogens is 234 g/mol. The first-order valence-electron chi connectivity index (χ1n) is 6.09. The molecule has 0 aliphatic rings. The van der Waals surface area contributed by atoms with Gasteiger partial charge >= 0.3 is 12.0 Å². The van der Waals surface area contributed by atoms with Gasteiger partial charge in [-0.15, -0.1) is 0 Å². The van der Waals surface area contributed by atoms with Crippen molar-refractivity contribution in [3.8, 4) is 0 Å². The summed E-state index contributed by atoms with van der Waals surface area (Å²) in [5, 5.41) is 17.5. The fourth-order valence-electron chi connectivity index (χ4n) is 1.22. The van der Waals surface area contributed by atoms with Crippen LogP contribution in [0, 0.1) is 5.41 Å². The summed E-state index contributed by atoms with van der Waals surface area (Å²) >= 11 is 0. The first kappa shape index (κ1) is 16.7. The number of hydrogen-bond acceptors (Lipinski definition) is 3. The molecule has 6 nitrogen and oxygen atoms in total. The van der Waals surface area contributed by atoms with Gasteiger partial charge in [0, 0.05) is 6.54 Å². The van der Waals surface area contributed by atoms with Crippen molar-refractivity contribution in [2.24, 2.45) is 5.41 Å². The Morgan fingerprint density at radius 2 is 1.67 bits per heavy atom. The number of amides is 2. The third-order valence-electron chi connectivity index (χ3n) is 3.41. The highest BCUT2D eigenvalue weighted by atomic mass is 16.4. The third-order valence-corrected chi connectivity index (χ3v) is 3.41. The smallest absolute Gasteiger partial charge is 0.315 e. The van der Waals surface area contributed by atoms with E-state index in [1.165, 1.54) is 0 Å². The molecule has 2 amide bonds. The van der Waals surface area contributed by atoms with Gasteiger partial charge in [0.25, 0.3) is 0 Å². The van der Waals surface area contributed by atoms with Crippen LogP contribution in [0.2, 0.25) is 0 Å². The summed E-state index contributed by atoms with van der Waals surface area (Å²) in [7, 11) is 1.85. The number of nitrogens with one attached hydrogen (secondary N) is 3. The number of rotatable bonds is 7. The Morgan fingerprint density at radius 1 is 1.11 bits per heavy atom. The SMILES string of the molecule is CNCCCNC(=O)NC(C)(C)C(C)(C)C(=O)O. The van der Waals surface area contributed by atoms with Crippen LogP contribution < -0.4 is 16.0 Å². The van der Waals surface area contributed by atoms with Crippen LogP contribution in [-0.2, 0) is 4.79 Å². The average molecular weight is 259 g/mol. The zero-order chi connectivity index (χ0) is 14.4. The minimum atomic E-state index is -1.05. The van der Waals surface area contributed by atoms with Gasteiger partial charge in [0.05, 0.1) is 11.0 Å². The van der Waals surface area contributed by atoms with E-state index in [1.807, 2.05) is 7.05 Å². The standard InChI is InChI=1S/C12H25N3O3/c1-11(2,9(16)17)12(3,4)15-10(18)14-8-6-7-13-5/h13H,6-8H2,1-5H3,(H,16,17)(H2,14,15,18). The van der Waals surface area contributed by atoms with Crippen LogP contribution in [0.5, 0.6) is 0 Å². The Balaban J connectivity index is 4.32. The summed E-state index contributed by atoms with van der Waals surface area (Å²) in [6, 6.07) is -0.342. The molecule has 18 heavy (non-hydrogen) atoms. The minimum Gasteiger partial charge on any atom is -0.481 e. The van der Waals surface area contributed by atoms with Gasteiger partial charge in [0.15, 0.2) is 0 Å². The number of urea groups is 1. The molecule has 0 unspecified atom stereocenters. The van der Waals surface area contributed by atoms with Crippen LogP contribution in [0.1, 0.15) is 34.1 Å². The Kier molecular flexibility index (Phi) is 6.11. The molecule has 4 N–H and O–H groups in total. The van der Waals surface area contributed by atoms with Gasteiger partial charge in [-0.25, -0.2) is 4.79 Å². The first-order chi connectivity index (χ1) is 8.15. The molecule has 0 rings (SSSR count). The summed E-state index contributed by atoms with van der Waals surface area (Å²) in [5.41, 5.74) is -1.89. The lowest BCUT2D eigenvalue weighted by Gasteiger charge is -2.38. The topological polar surface area (TPSA) is 90.5 Å². The van der Waals surface area contributed by atoms with Gasteiger partial charge < -0.3 is 21.1 Å². The van der Waals surface area contributed by atoms with Gasteiger partial charge in [-0.3, -0.25) is 4.79 Å². The molecule has 0 bridgehead atoms. The predicted octanol–water partition coefficient (Wildman–Crippen LogP) is 0.785. The van der Waals surface area contributed by atoms with Crippen molar-refractivity contribution in [1.29, 1.82) is 0 Å². The molecule has 0 atom stereocenters. The maximum atomic E-state index is 11.7. The largest absolute Gasteiger partial charge is 0.481 e. The maximum absolute atomic E-state index is 11.7. The fraction of sp³-hybridized carbons (Fsp3) is 0.833. The van der Waals surface area contributed by atoms with Gasteiger partial charge in [-0.2, -0.15) is 0 Å². The van der Waals surface area contributed by atoms with Crippen molar-refractivity contribution < 1.29 is 14.7 Å². The number of carbonyl (C=O) groups is 2. The summed E-state index contributed by atoms with van der Waals surface area (Å²) in [4.78, 5) is 22.8. The highest BCUT2D eigenvalue weighted by Gasteiger charge is 2.44.